The van der Waals surface area contributed by atoms with E-state index in [2.05, 4.69) is 50.2 Å². The van der Waals surface area contributed by atoms with Crippen LogP contribution in [0.15, 0.2) is 41.0 Å². The Morgan fingerprint density at radius 3 is 2.62 bits per heavy atom. The summed E-state index contributed by atoms with van der Waals surface area (Å²) >= 11 is 4.30. The molecule has 0 aliphatic carbocycles. The maximum atomic E-state index is 12.3. The minimum atomic E-state index is -0.522. The molecule has 0 fully saturated rings. The normalized spacial score (nSPS) is 14.6. The van der Waals surface area contributed by atoms with E-state index < -0.39 is 5.97 Å². The number of cyclic esters (lactones) is 1. The van der Waals surface area contributed by atoms with Gasteiger partial charge in [-0.2, -0.15) is 0 Å². The van der Waals surface area contributed by atoms with Gasteiger partial charge in [-0.15, -0.1) is 0 Å². The first-order valence-corrected chi connectivity index (χ1v) is 10.9. The van der Waals surface area contributed by atoms with Crippen molar-refractivity contribution < 1.29 is 23.8 Å². The summed E-state index contributed by atoms with van der Waals surface area (Å²) in [7, 11) is 1.49. The van der Waals surface area contributed by atoms with Crippen molar-refractivity contribution in [2.24, 2.45) is 4.99 Å². The predicted molar refractivity (Wildman–Crippen MR) is 126 cm³/mol. The smallest absolute Gasteiger partial charge is 0.363 e. The molecule has 0 radical (unpaired) electrons. The minimum absolute atomic E-state index is 0.187. The van der Waals surface area contributed by atoms with Crippen LogP contribution in [0.4, 0.5) is 0 Å². The van der Waals surface area contributed by atoms with Crippen LogP contribution in [-0.4, -0.2) is 24.9 Å². The second-order valence-electron chi connectivity index (χ2n) is 6.16. The van der Waals surface area contributed by atoms with Crippen LogP contribution in [0.3, 0.4) is 0 Å². The SMILES string of the molecule is CCC(=O)Oc1c(I)cc(/C=C2\N=C(c3ccc(I)c(C)c3)OC2=O)cc1OC. The quantitative estimate of drug-likeness (QED) is 0.207. The number of ether oxygens (including phenoxy) is 3. The van der Waals surface area contributed by atoms with Gasteiger partial charge in [0.25, 0.3) is 0 Å². The Morgan fingerprint density at radius 1 is 1.21 bits per heavy atom. The first-order valence-electron chi connectivity index (χ1n) is 8.69. The molecule has 0 N–H and O–H groups in total. The zero-order valence-electron chi connectivity index (χ0n) is 15.9. The molecule has 0 bridgehead atoms. The Hall–Kier alpha value is -1.95. The van der Waals surface area contributed by atoms with Gasteiger partial charge in [0.1, 0.15) is 0 Å². The van der Waals surface area contributed by atoms with E-state index in [1.165, 1.54) is 7.11 Å². The van der Waals surface area contributed by atoms with E-state index in [0.29, 0.717) is 20.6 Å². The number of rotatable bonds is 5. The van der Waals surface area contributed by atoms with E-state index in [0.717, 1.165) is 14.7 Å². The Morgan fingerprint density at radius 2 is 1.97 bits per heavy atom. The van der Waals surface area contributed by atoms with Crippen molar-refractivity contribution in [3.8, 4) is 11.5 Å². The molecule has 1 aliphatic heterocycles. The number of methoxy groups -OCH3 is 1. The highest BCUT2D eigenvalue weighted by atomic mass is 127. The van der Waals surface area contributed by atoms with E-state index >= 15 is 0 Å². The van der Waals surface area contributed by atoms with E-state index in [-0.39, 0.29) is 24.0 Å². The average molecular weight is 617 g/mol. The van der Waals surface area contributed by atoms with Gasteiger partial charge in [-0.1, -0.05) is 6.92 Å². The lowest BCUT2D eigenvalue weighted by Gasteiger charge is -2.11. The van der Waals surface area contributed by atoms with Gasteiger partial charge in [-0.3, -0.25) is 4.79 Å². The summed E-state index contributed by atoms with van der Waals surface area (Å²) in [4.78, 5) is 28.3. The van der Waals surface area contributed by atoms with Gasteiger partial charge >= 0.3 is 11.9 Å². The monoisotopic (exact) mass is 617 g/mol. The summed E-state index contributed by atoms with van der Waals surface area (Å²) in [5, 5.41) is 0. The summed E-state index contributed by atoms with van der Waals surface area (Å²) in [5.41, 5.74) is 2.69. The second-order valence-corrected chi connectivity index (χ2v) is 8.49. The summed E-state index contributed by atoms with van der Waals surface area (Å²) in [6.45, 7) is 3.71. The maximum absolute atomic E-state index is 12.3. The molecule has 2 aromatic rings. The van der Waals surface area contributed by atoms with Crippen molar-refractivity contribution in [3.05, 3.63) is 59.9 Å². The average Bonchev–Trinajstić information content (AvgIpc) is 3.05. The number of nitrogens with zero attached hydrogens (tertiary/aromatic N) is 1. The molecular weight excluding hydrogens is 600 g/mol. The standard InChI is InChI=1S/C21H17I2NO5/c1-4-18(25)28-19-15(23)8-12(10-17(19)27-3)9-16-21(26)29-20(24-16)13-5-6-14(22)11(2)7-13/h5-10H,4H2,1-3H3/b16-9-. The van der Waals surface area contributed by atoms with E-state index in [1.54, 1.807) is 25.1 Å². The largest absolute Gasteiger partial charge is 0.493 e. The number of halogens is 2. The third-order valence-corrected chi connectivity index (χ3v) is 6.10. The molecule has 0 unspecified atom stereocenters. The molecule has 3 rings (SSSR count). The number of hydrogen-bond donors (Lipinski definition) is 0. The highest BCUT2D eigenvalue weighted by Crippen LogP contribution is 2.35. The Bertz CT molecular complexity index is 1060. The molecule has 29 heavy (non-hydrogen) atoms. The number of carbonyl (C=O) groups excluding carboxylic acids is 2. The zero-order chi connectivity index (χ0) is 21.1. The van der Waals surface area contributed by atoms with Crippen molar-refractivity contribution in [2.45, 2.75) is 20.3 Å². The van der Waals surface area contributed by atoms with Crippen molar-refractivity contribution in [2.75, 3.05) is 7.11 Å². The number of benzene rings is 2. The molecule has 0 amide bonds. The lowest BCUT2D eigenvalue weighted by Crippen LogP contribution is -2.08. The molecule has 2 aromatic carbocycles. The first-order chi connectivity index (χ1) is 13.8. The van der Waals surface area contributed by atoms with Crippen LogP contribution in [0, 0.1) is 14.1 Å². The van der Waals surface area contributed by atoms with E-state index in [1.807, 2.05) is 25.1 Å². The van der Waals surface area contributed by atoms with Crippen LogP contribution in [-0.2, 0) is 14.3 Å². The Balaban J connectivity index is 1.95. The highest BCUT2D eigenvalue weighted by Gasteiger charge is 2.25. The number of aryl methyl sites for hydroxylation is 1. The van der Waals surface area contributed by atoms with Crippen LogP contribution in [0.25, 0.3) is 6.08 Å². The van der Waals surface area contributed by atoms with Gasteiger partial charge in [-0.25, -0.2) is 9.79 Å². The minimum Gasteiger partial charge on any atom is -0.493 e. The molecule has 150 valence electrons. The Kier molecular flexibility index (Phi) is 6.93. The fourth-order valence-corrected chi connectivity index (χ4v) is 3.65. The van der Waals surface area contributed by atoms with Crippen molar-refractivity contribution >= 4 is 69.1 Å². The molecule has 0 saturated heterocycles. The fraction of sp³-hybridized carbons (Fsp3) is 0.190. The molecular formula is C21H17I2NO5. The zero-order valence-corrected chi connectivity index (χ0v) is 20.2. The highest BCUT2D eigenvalue weighted by molar-refractivity contribution is 14.1. The third kappa shape index (κ3) is 4.97. The molecule has 1 heterocycles. The topological polar surface area (TPSA) is 74.2 Å². The predicted octanol–water partition coefficient (Wildman–Crippen LogP) is 4.87. The maximum Gasteiger partial charge on any atom is 0.363 e. The van der Waals surface area contributed by atoms with Crippen LogP contribution < -0.4 is 9.47 Å². The number of carbonyl (C=O) groups is 2. The van der Waals surface area contributed by atoms with Gasteiger partial charge < -0.3 is 14.2 Å². The van der Waals surface area contributed by atoms with Crippen LogP contribution in [0.5, 0.6) is 11.5 Å². The lowest BCUT2D eigenvalue weighted by atomic mass is 10.1. The third-order valence-electron chi connectivity index (χ3n) is 4.09. The summed E-state index contributed by atoms with van der Waals surface area (Å²) in [5.74, 6) is 0.153. The van der Waals surface area contributed by atoms with Crippen molar-refractivity contribution in [3.63, 3.8) is 0 Å². The van der Waals surface area contributed by atoms with Gasteiger partial charge in [0, 0.05) is 15.6 Å². The molecule has 0 spiro atoms. The second kappa shape index (κ2) is 9.24. The number of esters is 2. The van der Waals surface area contributed by atoms with E-state index in [4.69, 9.17) is 14.2 Å². The van der Waals surface area contributed by atoms with Crippen molar-refractivity contribution in [1.82, 2.24) is 0 Å². The molecule has 0 aromatic heterocycles. The first kappa shape index (κ1) is 21.8. The molecule has 8 heteroatoms. The van der Waals surface area contributed by atoms with Gasteiger partial charge in [0.05, 0.1) is 10.7 Å². The molecule has 0 atom stereocenters. The van der Waals surface area contributed by atoms with Crippen LogP contribution in [0.2, 0.25) is 0 Å². The van der Waals surface area contributed by atoms with Crippen LogP contribution in [0.1, 0.15) is 30.0 Å². The van der Waals surface area contributed by atoms with Gasteiger partial charge in [0.15, 0.2) is 17.2 Å². The molecule has 1 aliphatic rings. The molecule has 6 nitrogen and oxygen atoms in total. The Labute approximate surface area is 195 Å². The summed E-state index contributed by atoms with van der Waals surface area (Å²) < 4.78 is 17.8. The fourth-order valence-electron chi connectivity index (χ4n) is 2.58. The van der Waals surface area contributed by atoms with Gasteiger partial charge in [-0.05, 0) is 99.6 Å². The van der Waals surface area contributed by atoms with Gasteiger partial charge in [0.2, 0.25) is 5.90 Å². The van der Waals surface area contributed by atoms with Crippen molar-refractivity contribution in [1.29, 1.82) is 0 Å². The number of hydrogen-bond acceptors (Lipinski definition) is 6. The van der Waals surface area contributed by atoms with E-state index in [9.17, 15) is 9.59 Å². The summed E-state index contributed by atoms with van der Waals surface area (Å²) in [6, 6.07) is 9.21. The number of aliphatic imine (C=N–C) groups is 1. The van der Waals surface area contributed by atoms with Crippen LogP contribution >= 0.6 is 45.2 Å². The lowest BCUT2D eigenvalue weighted by molar-refractivity contribution is -0.134. The summed E-state index contributed by atoms with van der Waals surface area (Å²) in [6.07, 6.45) is 1.87. The molecule has 0 saturated carbocycles.